The minimum absolute atomic E-state index is 0.00228. The maximum absolute atomic E-state index is 12.5. The largest absolute Gasteiger partial charge is 0.744 e. The van der Waals surface area contributed by atoms with Crippen LogP contribution in [0, 0.1) is 0 Å². The van der Waals surface area contributed by atoms with Gasteiger partial charge in [-0.2, -0.15) is 0 Å². The third-order valence-corrected chi connectivity index (χ3v) is 8.89. The molecule has 4 aromatic carbocycles. The summed E-state index contributed by atoms with van der Waals surface area (Å²) in [6, 6.07) is 5.88. The van der Waals surface area contributed by atoms with Gasteiger partial charge < -0.3 is 18.4 Å². The van der Waals surface area contributed by atoms with Crippen molar-refractivity contribution in [1.82, 2.24) is 0 Å². The average molecular weight is 582 g/mol. The number of benzene rings is 4. The maximum atomic E-state index is 12.5. The molecule has 11 nitrogen and oxygen atoms in total. The summed E-state index contributed by atoms with van der Waals surface area (Å²) >= 11 is 0. The summed E-state index contributed by atoms with van der Waals surface area (Å²) in [4.78, 5) is 9.70. The second kappa shape index (κ2) is 10.0. The Bertz CT molecular complexity index is 1840. The zero-order valence-electron chi connectivity index (χ0n) is 19.9. The van der Waals surface area contributed by atoms with Gasteiger partial charge in [-0.3, -0.25) is 4.79 Å². The SMILES string of the molecule is CCCCCCCC(=O)Oc1cc(S(=O)(=O)[O-])c2ccc3c(S(=O)(=O)[O-])cc(S(=O)(=O)[O-])c4ccc1c2c43. The highest BCUT2D eigenvalue weighted by Gasteiger charge is 2.24. The molecule has 0 amide bonds. The lowest BCUT2D eigenvalue weighted by Gasteiger charge is -2.22. The van der Waals surface area contributed by atoms with Gasteiger partial charge in [-0.15, -0.1) is 0 Å². The summed E-state index contributed by atoms with van der Waals surface area (Å²) in [6.45, 7) is 2.04. The van der Waals surface area contributed by atoms with Crippen LogP contribution in [0.25, 0.3) is 32.3 Å². The van der Waals surface area contributed by atoms with Crippen LogP contribution in [0.15, 0.2) is 51.1 Å². The summed E-state index contributed by atoms with van der Waals surface area (Å²) in [6.07, 6.45) is 4.19. The van der Waals surface area contributed by atoms with Crippen LogP contribution in [0.2, 0.25) is 0 Å². The van der Waals surface area contributed by atoms with Crippen LogP contribution < -0.4 is 4.74 Å². The molecule has 0 N–H and O–H groups in total. The second-order valence-corrected chi connectivity index (χ2v) is 12.9. The van der Waals surface area contributed by atoms with Crippen LogP contribution in [-0.2, 0) is 35.1 Å². The lowest BCUT2D eigenvalue weighted by Crippen LogP contribution is -2.10. The molecule has 204 valence electrons. The smallest absolute Gasteiger partial charge is 0.311 e. The van der Waals surface area contributed by atoms with Gasteiger partial charge in [0.15, 0.2) is 0 Å². The molecule has 0 saturated carbocycles. The van der Waals surface area contributed by atoms with Crippen molar-refractivity contribution in [2.45, 2.75) is 60.1 Å². The molecule has 0 spiro atoms. The van der Waals surface area contributed by atoms with Gasteiger partial charge in [0.2, 0.25) is 0 Å². The van der Waals surface area contributed by atoms with Crippen molar-refractivity contribution in [3.8, 4) is 5.75 Å². The molecule has 0 saturated heterocycles. The topological polar surface area (TPSA) is 198 Å². The third-order valence-electron chi connectivity index (χ3n) is 6.26. The quantitative estimate of drug-likeness (QED) is 0.0872. The van der Waals surface area contributed by atoms with Crippen molar-refractivity contribution in [2.24, 2.45) is 0 Å². The number of carbonyl (C=O) groups is 1. The Labute approximate surface area is 219 Å². The second-order valence-electron chi connectivity index (χ2n) is 8.82. The molecular weight excluding hydrogens is 560 g/mol. The Hall–Kier alpha value is -2.88. The third kappa shape index (κ3) is 5.32. The van der Waals surface area contributed by atoms with Crippen LogP contribution in [0.1, 0.15) is 45.4 Å². The van der Waals surface area contributed by atoms with E-state index in [1.807, 2.05) is 6.92 Å². The molecule has 0 unspecified atom stereocenters. The number of rotatable bonds is 10. The molecule has 0 heterocycles. The minimum Gasteiger partial charge on any atom is -0.744 e. The normalized spacial score (nSPS) is 13.1. The predicted octanol–water partition coefficient (Wildman–Crippen LogP) is 3.56. The molecule has 0 aliphatic rings. The molecule has 38 heavy (non-hydrogen) atoms. The molecule has 0 aliphatic heterocycles. The van der Waals surface area contributed by atoms with Gasteiger partial charge in [-0.25, -0.2) is 25.3 Å². The van der Waals surface area contributed by atoms with E-state index in [9.17, 15) is 43.7 Å². The molecule has 0 aliphatic carbocycles. The number of hydrogen-bond acceptors (Lipinski definition) is 11. The highest BCUT2D eigenvalue weighted by atomic mass is 32.2. The van der Waals surface area contributed by atoms with E-state index in [2.05, 4.69) is 0 Å². The highest BCUT2D eigenvalue weighted by Crippen LogP contribution is 2.45. The van der Waals surface area contributed by atoms with E-state index in [4.69, 9.17) is 4.74 Å². The van der Waals surface area contributed by atoms with Gasteiger partial charge in [-0.1, -0.05) is 50.8 Å². The fourth-order valence-electron chi connectivity index (χ4n) is 4.62. The molecule has 0 radical (unpaired) electrons. The Morgan fingerprint density at radius 3 is 1.55 bits per heavy atom. The fourth-order valence-corrected chi connectivity index (χ4v) is 6.79. The zero-order valence-corrected chi connectivity index (χ0v) is 22.4. The van der Waals surface area contributed by atoms with E-state index < -0.39 is 51.0 Å². The van der Waals surface area contributed by atoms with Crippen molar-refractivity contribution < 1.29 is 48.4 Å². The Balaban J connectivity index is 2.05. The van der Waals surface area contributed by atoms with Crippen molar-refractivity contribution >= 4 is 68.6 Å². The van der Waals surface area contributed by atoms with E-state index in [1.165, 1.54) is 6.07 Å². The van der Waals surface area contributed by atoms with Crippen molar-refractivity contribution in [3.63, 3.8) is 0 Å². The van der Waals surface area contributed by atoms with Crippen LogP contribution in [0.5, 0.6) is 5.75 Å². The predicted molar refractivity (Wildman–Crippen MR) is 133 cm³/mol. The van der Waals surface area contributed by atoms with Crippen molar-refractivity contribution in [3.05, 3.63) is 36.4 Å². The number of ether oxygens (including phenoxy) is 1. The van der Waals surface area contributed by atoms with Crippen molar-refractivity contribution in [1.29, 1.82) is 0 Å². The Kier molecular flexibility index (Phi) is 7.42. The van der Waals surface area contributed by atoms with E-state index >= 15 is 0 Å². The zero-order chi connectivity index (χ0) is 28.0. The summed E-state index contributed by atoms with van der Waals surface area (Å²) in [7, 11) is -15.8. The van der Waals surface area contributed by atoms with Crippen LogP contribution in [-0.4, -0.2) is 44.9 Å². The number of carbonyl (C=O) groups excluding carboxylic acids is 1. The fraction of sp³-hybridized carbons (Fsp3) is 0.292. The Morgan fingerprint density at radius 1 is 0.658 bits per heavy atom. The van der Waals surface area contributed by atoms with Gasteiger partial charge in [-0.05, 0) is 24.6 Å². The van der Waals surface area contributed by atoms with E-state index in [0.717, 1.165) is 49.9 Å². The molecule has 0 fully saturated rings. The molecule has 0 atom stereocenters. The van der Waals surface area contributed by atoms with E-state index in [-0.39, 0.29) is 44.5 Å². The monoisotopic (exact) mass is 581 g/mol. The van der Waals surface area contributed by atoms with Crippen molar-refractivity contribution in [2.75, 3.05) is 0 Å². The molecule has 14 heteroatoms. The summed E-state index contributed by atoms with van der Waals surface area (Å²) in [5, 5.41) is -1.20. The van der Waals surface area contributed by atoms with E-state index in [1.54, 1.807) is 0 Å². The van der Waals surface area contributed by atoms with Gasteiger partial charge >= 0.3 is 5.97 Å². The first kappa shape index (κ1) is 28.1. The van der Waals surface area contributed by atoms with Crippen LogP contribution in [0.4, 0.5) is 0 Å². The molecule has 0 aromatic heterocycles. The van der Waals surface area contributed by atoms with Gasteiger partial charge in [0, 0.05) is 38.7 Å². The van der Waals surface area contributed by atoms with Gasteiger partial charge in [0.05, 0.1) is 14.7 Å². The number of hydrogen-bond donors (Lipinski definition) is 0. The van der Waals surface area contributed by atoms with E-state index in [0.29, 0.717) is 12.5 Å². The Morgan fingerprint density at radius 2 is 1.08 bits per heavy atom. The summed E-state index contributed by atoms with van der Waals surface area (Å²) in [5.74, 6) is -1.04. The van der Waals surface area contributed by atoms with Gasteiger partial charge in [0.1, 0.15) is 36.1 Å². The molecule has 0 bridgehead atoms. The molecular formula is C24H21O11S3-3. The molecule has 4 aromatic rings. The first-order chi connectivity index (χ1) is 17.6. The lowest BCUT2D eigenvalue weighted by atomic mass is 9.93. The summed E-state index contributed by atoms with van der Waals surface area (Å²) < 4.78 is 114. The first-order valence-corrected chi connectivity index (χ1v) is 15.7. The lowest BCUT2D eigenvalue weighted by molar-refractivity contribution is -0.134. The highest BCUT2D eigenvalue weighted by molar-refractivity contribution is 7.87. The minimum atomic E-state index is -5.31. The first-order valence-electron chi connectivity index (χ1n) is 11.5. The average Bonchev–Trinajstić information content (AvgIpc) is 2.80. The number of esters is 1. The molecule has 4 rings (SSSR count). The van der Waals surface area contributed by atoms with Crippen LogP contribution in [0.3, 0.4) is 0 Å². The standard InChI is InChI=1S/C24H24O11S3/c1-2-3-4-5-6-7-22(25)35-18-12-19(36(26,27)28)15-10-11-17-21(38(32,33)34)13-20(37(29,30)31)16-9-8-14(18)23(15)24(16)17/h8-13H,2-7H2,1H3,(H,26,27,28)(H,29,30,31)(H,32,33,34)/p-3. The summed E-state index contributed by atoms with van der Waals surface area (Å²) in [5.41, 5.74) is 0. The maximum Gasteiger partial charge on any atom is 0.311 e. The van der Waals surface area contributed by atoms with Gasteiger partial charge in [0.25, 0.3) is 0 Å². The number of unbranched alkanes of at least 4 members (excludes halogenated alkanes) is 4. The van der Waals surface area contributed by atoms with Crippen LogP contribution >= 0.6 is 0 Å².